The largest absolute Gasteiger partial charge is 0.312 e. The number of carbonyl (C=O) groups excluding carboxylic acids is 1. The van der Waals surface area contributed by atoms with Crippen LogP contribution in [0.15, 0.2) is 78.3 Å². The van der Waals surface area contributed by atoms with E-state index in [-0.39, 0.29) is 5.91 Å². The Morgan fingerprint density at radius 3 is 2.65 bits per heavy atom. The van der Waals surface area contributed by atoms with Crippen LogP contribution in [0.5, 0.6) is 0 Å². The molecule has 4 heteroatoms. The first kappa shape index (κ1) is 15.2. The SMILES string of the molecule is C=CCn1c(=NC(=O)C=Cc2ccccc2)sc2ccccc21. The molecule has 1 amide bonds. The van der Waals surface area contributed by atoms with E-state index >= 15 is 0 Å². The van der Waals surface area contributed by atoms with E-state index in [1.807, 2.05) is 65.2 Å². The second-order valence-electron chi connectivity index (χ2n) is 4.95. The number of carbonyl (C=O) groups is 1. The molecule has 1 aromatic heterocycles. The third-order valence-electron chi connectivity index (χ3n) is 3.32. The fourth-order valence-corrected chi connectivity index (χ4v) is 3.32. The molecule has 114 valence electrons. The highest BCUT2D eigenvalue weighted by Crippen LogP contribution is 2.16. The van der Waals surface area contributed by atoms with E-state index in [0.29, 0.717) is 11.3 Å². The van der Waals surface area contributed by atoms with E-state index in [9.17, 15) is 4.79 Å². The third-order valence-corrected chi connectivity index (χ3v) is 4.38. The molecular weight excluding hydrogens is 304 g/mol. The highest BCUT2D eigenvalue weighted by Gasteiger charge is 2.05. The van der Waals surface area contributed by atoms with Crippen LogP contribution < -0.4 is 4.80 Å². The summed E-state index contributed by atoms with van der Waals surface area (Å²) in [7, 11) is 0. The van der Waals surface area contributed by atoms with Gasteiger partial charge in [-0.05, 0) is 23.8 Å². The fraction of sp³-hybridized carbons (Fsp3) is 0.0526. The highest BCUT2D eigenvalue weighted by atomic mass is 32.1. The lowest BCUT2D eigenvalue weighted by atomic mass is 10.2. The molecule has 23 heavy (non-hydrogen) atoms. The van der Waals surface area contributed by atoms with Gasteiger partial charge >= 0.3 is 0 Å². The number of para-hydroxylation sites is 1. The number of aromatic nitrogens is 1. The summed E-state index contributed by atoms with van der Waals surface area (Å²) in [5, 5.41) is 0. The second-order valence-corrected chi connectivity index (χ2v) is 5.95. The van der Waals surface area contributed by atoms with Crippen LogP contribution in [-0.4, -0.2) is 10.5 Å². The summed E-state index contributed by atoms with van der Waals surface area (Å²) in [5.74, 6) is -0.266. The molecule has 0 atom stereocenters. The molecular formula is C19H16N2OS. The van der Waals surface area contributed by atoms with Crippen molar-refractivity contribution < 1.29 is 4.79 Å². The van der Waals surface area contributed by atoms with Crippen LogP contribution in [0.1, 0.15) is 5.56 Å². The topological polar surface area (TPSA) is 34.4 Å². The molecule has 0 unspecified atom stereocenters. The zero-order valence-corrected chi connectivity index (χ0v) is 13.4. The molecule has 0 saturated heterocycles. The van der Waals surface area contributed by atoms with Crippen molar-refractivity contribution >= 4 is 33.5 Å². The van der Waals surface area contributed by atoms with Gasteiger partial charge in [-0.1, -0.05) is 59.9 Å². The van der Waals surface area contributed by atoms with Gasteiger partial charge in [0, 0.05) is 12.6 Å². The van der Waals surface area contributed by atoms with Gasteiger partial charge < -0.3 is 4.57 Å². The standard InChI is InChI=1S/C19H16N2OS/c1-2-14-21-16-10-6-7-11-17(16)23-19(21)20-18(22)13-12-15-8-4-3-5-9-15/h2-13H,1,14H2. The van der Waals surface area contributed by atoms with Gasteiger partial charge in [-0.2, -0.15) is 4.99 Å². The van der Waals surface area contributed by atoms with Crippen LogP contribution >= 0.6 is 11.3 Å². The van der Waals surface area contributed by atoms with E-state index in [1.165, 1.54) is 17.4 Å². The zero-order chi connectivity index (χ0) is 16.1. The molecule has 3 rings (SSSR count). The summed E-state index contributed by atoms with van der Waals surface area (Å²) in [6.07, 6.45) is 5.08. The van der Waals surface area contributed by atoms with E-state index < -0.39 is 0 Å². The predicted molar refractivity (Wildman–Crippen MR) is 96.1 cm³/mol. The van der Waals surface area contributed by atoms with Gasteiger partial charge in [-0.15, -0.1) is 6.58 Å². The quantitative estimate of drug-likeness (QED) is 0.528. The van der Waals surface area contributed by atoms with E-state index in [4.69, 9.17) is 0 Å². The Balaban J connectivity index is 1.97. The van der Waals surface area contributed by atoms with Gasteiger partial charge in [-0.25, -0.2) is 0 Å². The number of amides is 1. The van der Waals surface area contributed by atoms with Gasteiger partial charge in [0.25, 0.3) is 5.91 Å². The van der Waals surface area contributed by atoms with Crippen LogP contribution in [0, 0.1) is 0 Å². The molecule has 0 aliphatic carbocycles. The minimum atomic E-state index is -0.266. The van der Waals surface area contributed by atoms with Crippen molar-refractivity contribution in [3.05, 3.63) is 83.7 Å². The number of allylic oxidation sites excluding steroid dienone is 1. The first-order valence-corrected chi connectivity index (χ1v) is 8.10. The zero-order valence-electron chi connectivity index (χ0n) is 12.6. The van der Waals surface area contributed by atoms with Crippen molar-refractivity contribution in [2.24, 2.45) is 4.99 Å². The minimum absolute atomic E-state index is 0.266. The maximum atomic E-state index is 12.1. The van der Waals surface area contributed by atoms with Gasteiger partial charge in [0.15, 0.2) is 4.80 Å². The minimum Gasteiger partial charge on any atom is -0.312 e. The molecule has 0 aliphatic heterocycles. The molecule has 0 radical (unpaired) electrons. The van der Waals surface area contributed by atoms with Gasteiger partial charge in [-0.3, -0.25) is 4.79 Å². The molecule has 0 bridgehead atoms. The Kier molecular flexibility index (Phi) is 4.64. The Bertz CT molecular complexity index is 933. The number of thiazole rings is 1. The van der Waals surface area contributed by atoms with Crippen molar-refractivity contribution in [3.8, 4) is 0 Å². The van der Waals surface area contributed by atoms with E-state index in [1.54, 1.807) is 6.08 Å². The first-order chi connectivity index (χ1) is 11.3. The molecule has 0 aliphatic rings. The molecule has 2 aromatic carbocycles. The number of benzene rings is 2. The van der Waals surface area contributed by atoms with Crippen molar-refractivity contribution in [1.29, 1.82) is 0 Å². The monoisotopic (exact) mass is 320 g/mol. The lowest BCUT2D eigenvalue weighted by Gasteiger charge is -1.99. The van der Waals surface area contributed by atoms with Crippen molar-refractivity contribution in [2.75, 3.05) is 0 Å². The fourth-order valence-electron chi connectivity index (χ4n) is 2.27. The summed E-state index contributed by atoms with van der Waals surface area (Å²) in [6.45, 7) is 4.41. The Hall–Kier alpha value is -2.72. The normalized spacial score (nSPS) is 12.1. The summed E-state index contributed by atoms with van der Waals surface area (Å²) < 4.78 is 3.11. The summed E-state index contributed by atoms with van der Waals surface area (Å²) in [5.41, 5.74) is 2.04. The van der Waals surface area contributed by atoms with Crippen LogP contribution in [0.2, 0.25) is 0 Å². The summed E-state index contributed by atoms with van der Waals surface area (Å²) >= 11 is 1.51. The molecule has 3 aromatic rings. The Labute approximate surface area is 138 Å². The van der Waals surface area contributed by atoms with E-state index in [0.717, 1.165) is 15.8 Å². The average Bonchev–Trinajstić information content (AvgIpc) is 2.92. The summed E-state index contributed by atoms with van der Waals surface area (Å²) in [4.78, 5) is 17.1. The maximum absolute atomic E-state index is 12.1. The van der Waals surface area contributed by atoms with Crippen molar-refractivity contribution in [3.63, 3.8) is 0 Å². The van der Waals surface area contributed by atoms with E-state index in [2.05, 4.69) is 11.6 Å². The highest BCUT2D eigenvalue weighted by molar-refractivity contribution is 7.16. The smallest absolute Gasteiger partial charge is 0.272 e. The van der Waals surface area contributed by atoms with Crippen LogP contribution in [0.4, 0.5) is 0 Å². The molecule has 0 N–H and O–H groups in total. The van der Waals surface area contributed by atoms with Gasteiger partial charge in [0.1, 0.15) is 0 Å². The maximum Gasteiger partial charge on any atom is 0.272 e. The van der Waals surface area contributed by atoms with Gasteiger partial charge in [0.2, 0.25) is 0 Å². The van der Waals surface area contributed by atoms with Crippen LogP contribution in [0.25, 0.3) is 16.3 Å². The number of nitrogens with zero attached hydrogens (tertiary/aromatic N) is 2. The number of hydrogen-bond acceptors (Lipinski definition) is 2. The lowest BCUT2D eigenvalue weighted by molar-refractivity contribution is -0.113. The summed E-state index contributed by atoms with van der Waals surface area (Å²) in [6, 6.07) is 17.7. The average molecular weight is 320 g/mol. The molecule has 0 spiro atoms. The predicted octanol–water partition coefficient (Wildman–Crippen LogP) is 4.03. The Morgan fingerprint density at radius 1 is 1.13 bits per heavy atom. The number of fused-ring (bicyclic) bond motifs is 1. The molecule has 0 saturated carbocycles. The molecule has 0 fully saturated rings. The van der Waals surface area contributed by atoms with Crippen LogP contribution in [-0.2, 0) is 11.3 Å². The van der Waals surface area contributed by atoms with Crippen molar-refractivity contribution in [2.45, 2.75) is 6.54 Å². The van der Waals surface area contributed by atoms with Crippen molar-refractivity contribution in [1.82, 2.24) is 4.57 Å². The molecule has 3 nitrogen and oxygen atoms in total. The number of hydrogen-bond donors (Lipinski definition) is 0. The lowest BCUT2D eigenvalue weighted by Crippen LogP contribution is -2.15. The first-order valence-electron chi connectivity index (χ1n) is 7.29. The second kappa shape index (κ2) is 7.03. The number of rotatable bonds is 4. The van der Waals surface area contributed by atoms with Crippen LogP contribution in [0.3, 0.4) is 0 Å². The third kappa shape index (κ3) is 3.55. The molecule has 1 heterocycles. The Morgan fingerprint density at radius 2 is 1.87 bits per heavy atom. The van der Waals surface area contributed by atoms with Gasteiger partial charge in [0.05, 0.1) is 10.2 Å².